The second-order valence-electron chi connectivity index (χ2n) is 7.55. The third kappa shape index (κ3) is 6.98. The summed E-state index contributed by atoms with van der Waals surface area (Å²) in [5.41, 5.74) is 0.868. The molecule has 1 N–H and O–H groups in total. The highest BCUT2D eigenvalue weighted by Crippen LogP contribution is 2.36. The Morgan fingerprint density at radius 1 is 1.15 bits per heavy atom. The molecule has 1 heterocycles. The summed E-state index contributed by atoms with van der Waals surface area (Å²) >= 11 is 1.17. The largest absolute Gasteiger partial charge is 0.415 e. The number of halogens is 3. The minimum absolute atomic E-state index is 0.302. The van der Waals surface area contributed by atoms with Gasteiger partial charge >= 0.3 is 6.18 Å². The van der Waals surface area contributed by atoms with Crippen LogP contribution in [0.1, 0.15) is 57.5 Å². The third-order valence-electron chi connectivity index (χ3n) is 5.04. The van der Waals surface area contributed by atoms with Crippen molar-refractivity contribution in [3.63, 3.8) is 0 Å². The first-order chi connectivity index (χ1) is 12.1. The molecule has 0 radical (unpaired) electrons. The van der Waals surface area contributed by atoms with Crippen LogP contribution in [0.4, 0.5) is 13.2 Å². The molecule has 0 amide bonds. The van der Waals surface area contributed by atoms with E-state index in [2.05, 4.69) is 26.1 Å². The normalized spacial score (nSPS) is 15.5. The van der Waals surface area contributed by atoms with Gasteiger partial charge in [0.25, 0.3) is 0 Å². The van der Waals surface area contributed by atoms with Crippen LogP contribution in [0.5, 0.6) is 0 Å². The maximum atomic E-state index is 13.7. The van der Waals surface area contributed by atoms with Crippen LogP contribution in [-0.2, 0) is 4.43 Å². The van der Waals surface area contributed by atoms with Gasteiger partial charge < -0.3 is 4.43 Å². The van der Waals surface area contributed by atoms with Gasteiger partial charge in [-0.25, -0.2) is 0 Å². The average Bonchev–Trinajstić information content (AvgIpc) is 2.98. The molecule has 26 heavy (non-hydrogen) atoms. The fourth-order valence-electron chi connectivity index (χ4n) is 3.27. The van der Waals surface area contributed by atoms with Gasteiger partial charge in [-0.05, 0) is 54.4 Å². The van der Waals surface area contributed by atoms with E-state index in [0.29, 0.717) is 23.8 Å². The van der Waals surface area contributed by atoms with Crippen LogP contribution < -0.4 is 5.32 Å². The highest BCUT2D eigenvalue weighted by molar-refractivity contribution is 7.10. The summed E-state index contributed by atoms with van der Waals surface area (Å²) in [5, 5.41) is 4.65. The van der Waals surface area contributed by atoms with Crippen LogP contribution in [0.15, 0.2) is 11.4 Å². The van der Waals surface area contributed by atoms with Crippen molar-refractivity contribution in [3.05, 3.63) is 21.9 Å². The molecular formula is C19H34F3NOSSi. The highest BCUT2D eigenvalue weighted by Gasteiger charge is 2.43. The van der Waals surface area contributed by atoms with Gasteiger partial charge in [0.2, 0.25) is 0 Å². The summed E-state index contributed by atoms with van der Waals surface area (Å²) in [5.74, 6) is 0.302. The van der Waals surface area contributed by atoms with Crippen molar-refractivity contribution in [2.24, 2.45) is 5.92 Å². The molecule has 0 aromatic carbocycles. The quantitative estimate of drug-likeness (QED) is 0.411. The molecular weight excluding hydrogens is 375 g/mol. The lowest BCUT2D eigenvalue weighted by atomic mass is 10.0. The Balaban J connectivity index is 2.96. The summed E-state index contributed by atoms with van der Waals surface area (Å²) in [6.07, 6.45) is -3.65. The summed E-state index contributed by atoms with van der Waals surface area (Å²) in [4.78, 5) is 0.328. The van der Waals surface area contributed by atoms with Crippen molar-refractivity contribution < 1.29 is 17.6 Å². The fourth-order valence-corrected chi connectivity index (χ4v) is 6.91. The number of thiophene rings is 1. The van der Waals surface area contributed by atoms with Gasteiger partial charge in [0, 0.05) is 17.5 Å². The summed E-state index contributed by atoms with van der Waals surface area (Å²) < 4.78 is 47.4. The number of hydrogen-bond acceptors (Lipinski definition) is 3. The smallest absolute Gasteiger partial charge is 0.408 e. The van der Waals surface area contributed by atoms with Crippen LogP contribution in [0.3, 0.4) is 0 Å². The minimum Gasteiger partial charge on any atom is -0.415 e. The molecule has 0 fully saturated rings. The predicted octanol–water partition coefficient (Wildman–Crippen LogP) is 6.69. The van der Waals surface area contributed by atoms with Crippen LogP contribution >= 0.6 is 11.3 Å². The molecule has 1 aromatic rings. The molecule has 0 unspecified atom stereocenters. The molecule has 0 bridgehead atoms. The lowest BCUT2D eigenvalue weighted by molar-refractivity contribution is -0.159. The zero-order chi connectivity index (χ0) is 20.0. The Kier molecular flexibility index (Phi) is 9.33. The average molecular weight is 410 g/mol. The Hall–Kier alpha value is -0.373. The van der Waals surface area contributed by atoms with Crippen molar-refractivity contribution in [2.45, 2.75) is 84.4 Å². The molecule has 152 valence electrons. The highest BCUT2D eigenvalue weighted by atomic mass is 32.1. The molecule has 2 atom stereocenters. The predicted molar refractivity (Wildman–Crippen MR) is 107 cm³/mol. The lowest BCUT2D eigenvalue weighted by Gasteiger charge is -2.33. The first kappa shape index (κ1) is 23.7. The van der Waals surface area contributed by atoms with E-state index in [1.54, 1.807) is 11.4 Å². The number of rotatable bonds is 11. The zero-order valence-corrected chi connectivity index (χ0v) is 18.7. The SMILES string of the molecule is CC[Si](CC)(CC)OC[C@H](CC(C)C)N[C@H](c1cc(C)cs1)C(F)(F)F. The first-order valence-electron chi connectivity index (χ1n) is 9.58. The van der Waals surface area contributed by atoms with Crippen molar-refractivity contribution in [1.82, 2.24) is 5.32 Å². The monoisotopic (exact) mass is 409 g/mol. The van der Waals surface area contributed by atoms with Crippen molar-refractivity contribution in [3.8, 4) is 0 Å². The van der Waals surface area contributed by atoms with E-state index in [4.69, 9.17) is 4.43 Å². The van der Waals surface area contributed by atoms with Crippen molar-refractivity contribution in [1.29, 1.82) is 0 Å². The van der Waals surface area contributed by atoms with E-state index >= 15 is 0 Å². The number of nitrogens with one attached hydrogen (secondary N) is 1. The zero-order valence-electron chi connectivity index (χ0n) is 16.9. The molecule has 0 saturated carbocycles. The maximum Gasteiger partial charge on any atom is 0.408 e. The van der Waals surface area contributed by atoms with Gasteiger partial charge in [-0.15, -0.1) is 11.3 Å². The molecule has 0 saturated heterocycles. The number of aryl methyl sites for hydroxylation is 1. The van der Waals surface area contributed by atoms with Gasteiger partial charge in [0.15, 0.2) is 8.32 Å². The number of alkyl halides is 3. The van der Waals surface area contributed by atoms with E-state index in [-0.39, 0.29) is 6.04 Å². The topological polar surface area (TPSA) is 21.3 Å². The Morgan fingerprint density at radius 2 is 1.73 bits per heavy atom. The third-order valence-corrected chi connectivity index (χ3v) is 10.8. The van der Waals surface area contributed by atoms with Crippen LogP contribution in [0, 0.1) is 12.8 Å². The van der Waals surface area contributed by atoms with E-state index in [9.17, 15) is 13.2 Å². The summed E-state index contributed by atoms with van der Waals surface area (Å²) in [6.45, 7) is 12.7. The molecule has 0 aliphatic carbocycles. The summed E-state index contributed by atoms with van der Waals surface area (Å²) in [7, 11) is -1.82. The molecule has 1 rings (SSSR count). The standard InChI is InChI=1S/C19H34F3NOSSi/c1-7-26(8-2,9-3)24-12-16(10-14(4)5)23-18(19(20,21)22)17-11-15(6)13-25-17/h11,13-14,16,18,23H,7-10,12H2,1-6H3/t16-,18+/m0/s1. The van der Waals surface area contributed by atoms with E-state index in [1.165, 1.54) is 11.3 Å². The van der Waals surface area contributed by atoms with Crippen molar-refractivity contribution >= 4 is 19.7 Å². The Bertz CT molecular complexity index is 521. The van der Waals surface area contributed by atoms with Crippen LogP contribution in [0.25, 0.3) is 0 Å². The van der Waals surface area contributed by atoms with Crippen molar-refractivity contribution in [2.75, 3.05) is 6.61 Å². The second kappa shape index (κ2) is 10.2. The first-order valence-corrected chi connectivity index (χ1v) is 13.0. The molecule has 0 spiro atoms. The van der Waals surface area contributed by atoms with Crippen LogP contribution in [0.2, 0.25) is 18.1 Å². The van der Waals surface area contributed by atoms with Gasteiger partial charge in [-0.3, -0.25) is 5.32 Å². The molecule has 0 aliphatic rings. The number of hydrogen-bond donors (Lipinski definition) is 1. The van der Waals surface area contributed by atoms with E-state index in [1.807, 2.05) is 20.8 Å². The van der Waals surface area contributed by atoms with E-state index < -0.39 is 20.5 Å². The van der Waals surface area contributed by atoms with Gasteiger partial charge in [0.1, 0.15) is 6.04 Å². The Labute approximate surface area is 161 Å². The van der Waals surface area contributed by atoms with Gasteiger partial charge in [-0.2, -0.15) is 13.2 Å². The molecule has 1 aromatic heterocycles. The molecule has 2 nitrogen and oxygen atoms in total. The fraction of sp³-hybridized carbons (Fsp3) is 0.789. The Morgan fingerprint density at radius 3 is 2.12 bits per heavy atom. The van der Waals surface area contributed by atoms with Gasteiger partial charge in [0.05, 0.1) is 0 Å². The van der Waals surface area contributed by atoms with Gasteiger partial charge in [-0.1, -0.05) is 34.6 Å². The van der Waals surface area contributed by atoms with Crippen LogP contribution in [-0.4, -0.2) is 27.1 Å². The minimum atomic E-state index is -4.32. The second-order valence-corrected chi connectivity index (χ2v) is 13.3. The molecule has 7 heteroatoms. The summed E-state index contributed by atoms with van der Waals surface area (Å²) in [6, 6.07) is 2.70. The molecule has 0 aliphatic heterocycles. The van der Waals surface area contributed by atoms with E-state index in [0.717, 1.165) is 23.7 Å². The lowest BCUT2D eigenvalue weighted by Crippen LogP contribution is -2.46. The maximum absolute atomic E-state index is 13.7.